The number of aliphatic hydroxyl groups excluding tert-OH is 1. The lowest BCUT2D eigenvalue weighted by atomic mass is 10.1. The highest BCUT2D eigenvalue weighted by Crippen LogP contribution is 2.16. The minimum absolute atomic E-state index is 0.319. The van der Waals surface area contributed by atoms with E-state index in [2.05, 4.69) is 31.1 Å². The van der Waals surface area contributed by atoms with Gasteiger partial charge < -0.3 is 5.11 Å². The first kappa shape index (κ1) is 10.2. The van der Waals surface area contributed by atoms with Crippen LogP contribution in [0.2, 0.25) is 0 Å². The summed E-state index contributed by atoms with van der Waals surface area (Å²) in [6.07, 6.45) is 1.27. The fourth-order valence-corrected chi connectivity index (χ4v) is 0.986. The van der Waals surface area contributed by atoms with Crippen LogP contribution in [0, 0.1) is 5.92 Å². The van der Waals surface area contributed by atoms with Gasteiger partial charge in [-0.05, 0) is 19.8 Å². The maximum atomic E-state index is 9.24. The van der Waals surface area contributed by atoms with Gasteiger partial charge >= 0.3 is 0 Å². The molecule has 1 aromatic heterocycles. The standard InChI is InChI=1S/C9H17N3O/c1-6(2)7(3)12-5-9(8(4)13)10-11-12/h5-8,13H,1-4H3/t7?,8-/m0/s1. The average molecular weight is 183 g/mol. The molecule has 0 saturated heterocycles. The summed E-state index contributed by atoms with van der Waals surface area (Å²) in [7, 11) is 0. The van der Waals surface area contributed by atoms with Crippen molar-refractivity contribution in [3.63, 3.8) is 0 Å². The van der Waals surface area contributed by atoms with E-state index < -0.39 is 6.10 Å². The van der Waals surface area contributed by atoms with Gasteiger partial charge in [0.1, 0.15) is 5.69 Å². The SMILES string of the molecule is CC(C)C(C)n1cc([C@H](C)O)nn1. The predicted molar refractivity (Wildman–Crippen MR) is 50.2 cm³/mol. The molecule has 0 amide bonds. The van der Waals surface area contributed by atoms with E-state index in [0.29, 0.717) is 17.7 Å². The van der Waals surface area contributed by atoms with E-state index in [1.165, 1.54) is 0 Å². The molecule has 2 atom stereocenters. The molecule has 0 aliphatic heterocycles. The van der Waals surface area contributed by atoms with Gasteiger partial charge in [0.15, 0.2) is 0 Å². The third-order valence-electron chi connectivity index (χ3n) is 2.34. The second-order valence-corrected chi connectivity index (χ2v) is 3.78. The molecule has 1 unspecified atom stereocenters. The van der Waals surface area contributed by atoms with E-state index >= 15 is 0 Å². The van der Waals surface area contributed by atoms with E-state index in [4.69, 9.17) is 0 Å². The second kappa shape index (κ2) is 3.87. The summed E-state index contributed by atoms with van der Waals surface area (Å²) in [6.45, 7) is 8.04. The van der Waals surface area contributed by atoms with E-state index in [9.17, 15) is 5.11 Å². The largest absolute Gasteiger partial charge is 0.387 e. The zero-order valence-electron chi connectivity index (χ0n) is 8.60. The van der Waals surface area contributed by atoms with Gasteiger partial charge in [0, 0.05) is 0 Å². The number of aromatic nitrogens is 3. The second-order valence-electron chi connectivity index (χ2n) is 3.78. The number of nitrogens with zero attached hydrogens (tertiary/aromatic N) is 3. The number of rotatable bonds is 3. The fraction of sp³-hybridized carbons (Fsp3) is 0.778. The van der Waals surface area contributed by atoms with Crippen molar-refractivity contribution in [2.24, 2.45) is 5.92 Å². The van der Waals surface area contributed by atoms with Crippen molar-refractivity contribution in [3.8, 4) is 0 Å². The van der Waals surface area contributed by atoms with Crippen LogP contribution in [0.25, 0.3) is 0 Å². The van der Waals surface area contributed by atoms with Crippen LogP contribution >= 0.6 is 0 Å². The molecule has 1 rings (SSSR count). The highest BCUT2D eigenvalue weighted by atomic mass is 16.3. The highest BCUT2D eigenvalue weighted by Gasteiger charge is 2.13. The molecule has 74 valence electrons. The summed E-state index contributed by atoms with van der Waals surface area (Å²) in [6, 6.07) is 0.319. The smallest absolute Gasteiger partial charge is 0.111 e. The molecule has 0 aromatic carbocycles. The zero-order chi connectivity index (χ0) is 10.0. The first-order chi connectivity index (χ1) is 6.02. The Hall–Kier alpha value is -0.900. The van der Waals surface area contributed by atoms with Crippen LogP contribution < -0.4 is 0 Å². The minimum atomic E-state index is -0.534. The first-order valence-corrected chi connectivity index (χ1v) is 4.62. The zero-order valence-corrected chi connectivity index (χ0v) is 8.60. The van der Waals surface area contributed by atoms with E-state index in [0.717, 1.165) is 0 Å². The molecule has 0 saturated carbocycles. The Kier molecular flexibility index (Phi) is 3.03. The molecule has 1 heterocycles. The van der Waals surface area contributed by atoms with Crippen LogP contribution in [0.5, 0.6) is 0 Å². The van der Waals surface area contributed by atoms with Gasteiger partial charge in [0.2, 0.25) is 0 Å². The summed E-state index contributed by atoms with van der Waals surface area (Å²) in [4.78, 5) is 0. The molecule has 0 fully saturated rings. The van der Waals surface area contributed by atoms with Gasteiger partial charge in [0.05, 0.1) is 18.3 Å². The van der Waals surface area contributed by atoms with Crippen molar-refractivity contribution in [2.45, 2.75) is 39.8 Å². The molecule has 4 heteroatoms. The van der Waals surface area contributed by atoms with Gasteiger partial charge in [-0.3, -0.25) is 0 Å². The molecule has 1 aromatic rings. The molecule has 0 aliphatic rings. The molecule has 0 spiro atoms. The van der Waals surface area contributed by atoms with Crippen molar-refractivity contribution in [1.82, 2.24) is 15.0 Å². The normalized spacial score (nSPS) is 16.2. The Labute approximate surface area is 78.6 Å². The molecule has 0 radical (unpaired) electrons. The van der Waals surface area contributed by atoms with Crippen molar-refractivity contribution >= 4 is 0 Å². The first-order valence-electron chi connectivity index (χ1n) is 4.62. The van der Waals surface area contributed by atoms with Crippen LogP contribution in [0.15, 0.2) is 6.20 Å². The third-order valence-corrected chi connectivity index (χ3v) is 2.34. The maximum absolute atomic E-state index is 9.24. The summed E-state index contributed by atoms with van der Waals surface area (Å²) >= 11 is 0. The number of hydrogen-bond acceptors (Lipinski definition) is 3. The van der Waals surface area contributed by atoms with Crippen molar-refractivity contribution in [2.75, 3.05) is 0 Å². The summed E-state index contributed by atoms with van der Waals surface area (Å²) in [5.74, 6) is 0.517. The van der Waals surface area contributed by atoms with Crippen LogP contribution in [0.4, 0.5) is 0 Å². The summed E-state index contributed by atoms with van der Waals surface area (Å²) in [5.41, 5.74) is 0.632. The molecular formula is C9H17N3O. The summed E-state index contributed by atoms with van der Waals surface area (Å²) < 4.78 is 1.80. The molecule has 0 aliphatic carbocycles. The van der Waals surface area contributed by atoms with E-state index in [1.54, 1.807) is 17.8 Å². The number of aliphatic hydroxyl groups is 1. The van der Waals surface area contributed by atoms with Gasteiger partial charge in [-0.15, -0.1) is 5.10 Å². The summed E-state index contributed by atoms with van der Waals surface area (Å²) in [5, 5.41) is 17.1. The van der Waals surface area contributed by atoms with Gasteiger partial charge in [0.25, 0.3) is 0 Å². The Morgan fingerprint density at radius 1 is 1.31 bits per heavy atom. The molecule has 1 N–H and O–H groups in total. The Morgan fingerprint density at radius 2 is 1.92 bits per heavy atom. The molecule has 13 heavy (non-hydrogen) atoms. The topological polar surface area (TPSA) is 50.9 Å². The molecular weight excluding hydrogens is 166 g/mol. The third kappa shape index (κ3) is 2.28. The monoisotopic (exact) mass is 183 g/mol. The molecule has 0 bridgehead atoms. The highest BCUT2D eigenvalue weighted by molar-refractivity contribution is 4.96. The van der Waals surface area contributed by atoms with E-state index in [-0.39, 0.29) is 0 Å². The minimum Gasteiger partial charge on any atom is -0.387 e. The number of hydrogen-bond donors (Lipinski definition) is 1. The van der Waals surface area contributed by atoms with E-state index in [1.807, 2.05) is 0 Å². The van der Waals surface area contributed by atoms with Gasteiger partial charge in [-0.1, -0.05) is 19.1 Å². The Bertz CT molecular complexity index is 268. The average Bonchev–Trinajstić information content (AvgIpc) is 2.50. The lowest BCUT2D eigenvalue weighted by Crippen LogP contribution is -2.11. The van der Waals surface area contributed by atoms with Crippen molar-refractivity contribution in [1.29, 1.82) is 0 Å². The van der Waals surface area contributed by atoms with Crippen molar-refractivity contribution in [3.05, 3.63) is 11.9 Å². The van der Waals surface area contributed by atoms with Gasteiger partial charge in [-0.25, -0.2) is 4.68 Å². The fourth-order valence-electron chi connectivity index (χ4n) is 0.986. The Balaban J connectivity index is 2.79. The van der Waals surface area contributed by atoms with Crippen LogP contribution in [0.1, 0.15) is 45.5 Å². The lowest BCUT2D eigenvalue weighted by Gasteiger charge is -2.14. The Morgan fingerprint density at radius 3 is 2.31 bits per heavy atom. The molecule has 4 nitrogen and oxygen atoms in total. The van der Waals surface area contributed by atoms with Gasteiger partial charge in [-0.2, -0.15) is 0 Å². The maximum Gasteiger partial charge on any atom is 0.111 e. The quantitative estimate of drug-likeness (QED) is 0.773. The van der Waals surface area contributed by atoms with Crippen LogP contribution in [-0.4, -0.2) is 20.1 Å². The van der Waals surface area contributed by atoms with Crippen LogP contribution in [-0.2, 0) is 0 Å². The van der Waals surface area contributed by atoms with Crippen molar-refractivity contribution < 1.29 is 5.11 Å². The van der Waals surface area contributed by atoms with Crippen LogP contribution in [0.3, 0.4) is 0 Å². The predicted octanol–water partition coefficient (Wildman–Crippen LogP) is 1.55. The lowest BCUT2D eigenvalue weighted by molar-refractivity contribution is 0.194.